The number of nitrogens with zero attached hydrogens (tertiary/aromatic N) is 2. The lowest BCUT2D eigenvalue weighted by Crippen LogP contribution is -2.27. The van der Waals surface area contributed by atoms with Crippen molar-refractivity contribution in [3.8, 4) is 0 Å². The van der Waals surface area contributed by atoms with E-state index in [-0.39, 0.29) is 11.3 Å². The third-order valence-electron chi connectivity index (χ3n) is 3.97. The smallest absolute Gasteiger partial charge is 0.276 e. The second-order valence-electron chi connectivity index (χ2n) is 5.84. The van der Waals surface area contributed by atoms with Crippen LogP contribution in [0.15, 0.2) is 47.3 Å². The maximum absolute atomic E-state index is 13.5. The summed E-state index contributed by atoms with van der Waals surface area (Å²) in [6.07, 6.45) is 0.718. The third-order valence-corrected chi connectivity index (χ3v) is 3.97. The second-order valence-corrected chi connectivity index (χ2v) is 5.84. The Bertz CT molecular complexity index is 1010. The number of aryl methyl sites for hydroxylation is 2. The van der Waals surface area contributed by atoms with Crippen LogP contribution in [-0.4, -0.2) is 15.7 Å². The summed E-state index contributed by atoms with van der Waals surface area (Å²) in [5.41, 5.74) is 1.04. The first kappa shape index (κ1) is 16.8. The van der Waals surface area contributed by atoms with E-state index < -0.39 is 11.7 Å². The molecule has 0 spiro atoms. The van der Waals surface area contributed by atoms with Crippen molar-refractivity contribution in [3.63, 3.8) is 0 Å². The van der Waals surface area contributed by atoms with Gasteiger partial charge in [-0.3, -0.25) is 9.59 Å². The van der Waals surface area contributed by atoms with Crippen LogP contribution in [0.1, 0.15) is 29.4 Å². The number of carbonyl (C=O) groups excluding carboxylic acids is 1. The summed E-state index contributed by atoms with van der Waals surface area (Å²) in [5.74, 6) is -0.913. The number of carbonyl (C=O) groups is 1. The molecule has 0 unspecified atom stereocenters. The third kappa shape index (κ3) is 3.28. The van der Waals surface area contributed by atoms with Crippen molar-refractivity contribution >= 4 is 22.4 Å². The van der Waals surface area contributed by atoms with E-state index in [1.54, 1.807) is 37.3 Å². The van der Waals surface area contributed by atoms with E-state index in [4.69, 9.17) is 0 Å². The van der Waals surface area contributed by atoms with Gasteiger partial charge in [0.2, 0.25) is 0 Å². The van der Waals surface area contributed by atoms with Gasteiger partial charge in [0.1, 0.15) is 5.82 Å². The molecule has 5 nitrogen and oxygen atoms in total. The molecule has 0 aliphatic rings. The number of nitrogens with one attached hydrogen (secondary N) is 1. The number of rotatable bonds is 4. The Labute approximate surface area is 144 Å². The Morgan fingerprint density at radius 2 is 1.92 bits per heavy atom. The molecule has 25 heavy (non-hydrogen) atoms. The molecule has 0 aliphatic carbocycles. The predicted octanol–water partition coefficient (Wildman–Crippen LogP) is 3.51. The number of halogens is 1. The Balaban J connectivity index is 2.11. The van der Waals surface area contributed by atoms with Crippen LogP contribution in [0.3, 0.4) is 0 Å². The SMILES string of the molecule is CCCn1nc(C(=O)Nc2cc(F)ccc2C)c2ccccc2c1=O. The quantitative estimate of drug-likeness (QED) is 0.791. The lowest BCUT2D eigenvalue weighted by Gasteiger charge is -2.12. The predicted molar refractivity (Wildman–Crippen MR) is 95.4 cm³/mol. The van der Waals surface area contributed by atoms with E-state index in [0.29, 0.717) is 23.0 Å². The lowest BCUT2D eigenvalue weighted by molar-refractivity contribution is 0.102. The Hall–Kier alpha value is -3.02. The highest BCUT2D eigenvalue weighted by Gasteiger charge is 2.17. The fourth-order valence-electron chi connectivity index (χ4n) is 2.68. The van der Waals surface area contributed by atoms with E-state index in [2.05, 4.69) is 10.4 Å². The molecule has 6 heteroatoms. The number of anilines is 1. The zero-order chi connectivity index (χ0) is 18.0. The van der Waals surface area contributed by atoms with E-state index in [1.165, 1.54) is 16.8 Å². The number of amides is 1. The van der Waals surface area contributed by atoms with Crippen LogP contribution < -0.4 is 10.9 Å². The first-order valence-electron chi connectivity index (χ1n) is 8.08. The standard InChI is InChI=1S/C19H18FN3O2/c1-3-10-23-19(25)15-7-5-4-6-14(15)17(22-23)18(24)21-16-11-13(20)9-8-12(16)2/h4-9,11H,3,10H2,1-2H3,(H,21,24). The van der Waals surface area contributed by atoms with Crippen LogP contribution >= 0.6 is 0 Å². The monoisotopic (exact) mass is 339 g/mol. The van der Waals surface area contributed by atoms with Gasteiger partial charge in [-0.25, -0.2) is 9.07 Å². The van der Waals surface area contributed by atoms with E-state index in [0.717, 1.165) is 12.0 Å². The van der Waals surface area contributed by atoms with Gasteiger partial charge in [-0.1, -0.05) is 31.2 Å². The van der Waals surface area contributed by atoms with Crippen molar-refractivity contribution in [2.24, 2.45) is 0 Å². The summed E-state index contributed by atoms with van der Waals surface area (Å²) in [6, 6.07) is 11.0. The van der Waals surface area contributed by atoms with Gasteiger partial charge in [0.15, 0.2) is 5.69 Å². The fraction of sp³-hybridized carbons (Fsp3) is 0.211. The van der Waals surface area contributed by atoms with Crippen molar-refractivity contribution in [2.75, 3.05) is 5.32 Å². The number of aromatic nitrogens is 2. The van der Waals surface area contributed by atoms with Crippen LogP contribution in [-0.2, 0) is 6.54 Å². The molecular formula is C19H18FN3O2. The molecule has 0 atom stereocenters. The highest BCUT2D eigenvalue weighted by Crippen LogP contribution is 2.19. The van der Waals surface area contributed by atoms with Gasteiger partial charge < -0.3 is 5.32 Å². The van der Waals surface area contributed by atoms with Crippen molar-refractivity contribution < 1.29 is 9.18 Å². The van der Waals surface area contributed by atoms with Gasteiger partial charge in [-0.2, -0.15) is 5.10 Å². The molecule has 0 bridgehead atoms. The number of benzene rings is 2. The fourth-order valence-corrected chi connectivity index (χ4v) is 2.68. The first-order valence-corrected chi connectivity index (χ1v) is 8.08. The number of hydrogen-bond donors (Lipinski definition) is 1. The van der Waals surface area contributed by atoms with Crippen molar-refractivity contribution in [1.29, 1.82) is 0 Å². The zero-order valence-corrected chi connectivity index (χ0v) is 14.0. The Morgan fingerprint density at radius 1 is 1.20 bits per heavy atom. The maximum atomic E-state index is 13.5. The molecule has 0 aliphatic heterocycles. The highest BCUT2D eigenvalue weighted by atomic mass is 19.1. The van der Waals surface area contributed by atoms with Gasteiger partial charge in [-0.15, -0.1) is 0 Å². The summed E-state index contributed by atoms with van der Waals surface area (Å²) in [6.45, 7) is 4.13. The van der Waals surface area contributed by atoms with Crippen LogP contribution in [0.25, 0.3) is 10.8 Å². The molecule has 3 rings (SSSR count). The maximum Gasteiger partial charge on any atom is 0.276 e. The van der Waals surface area contributed by atoms with Crippen LogP contribution in [0, 0.1) is 12.7 Å². The summed E-state index contributed by atoms with van der Waals surface area (Å²) in [7, 11) is 0. The van der Waals surface area contributed by atoms with E-state index in [1.807, 2.05) is 6.92 Å². The van der Waals surface area contributed by atoms with E-state index in [9.17, 15) is 14.0 Å². The summed E-state index contributed by atoms with van der Waals surface area (Å²) >= 11 is 0. The highest BCUT2D eigenvalue weighted by molar-refractivity contribution is 6.11. The summed E-state index contributed by atoms with van der Waals surface area (Å²) < 4.78 is 14.8. The lowest BCUT2D eigenvalue weighted by atomic mass is 10.1. The van der Waals surface area contributed by atoms with Crippen molar-refractivity contribution in [1.82, 2.24) is 9.78 Å². The molecule has 1 amide bonds. The average Bonchev–Trinajstić information content (AvgIpc) is 2.60. The molecule has 3 aromatic rings. The van der Waals surface area contributed by atoms with Crippen LogP contribution in [0.2, 0.25) is 0 Å². The zero-order valence-electron chi connectivity index (χ0n) is 14.0. The minimum Gasteiger partial charge on any atom is -0.320 e. The van der Waals surface area contributed by atoms with Crippen LogP contribution in [0.4, 0.5) is 10.1 Å². The molecule has 0 saturated heterocycles. The molecule has 2 aromatic carbocycles. The minimum absolute atomic E-state index is 0.146. The largest absolute Gasteiger partial charge is 0.320 e. The van der Waals surface area contributed by atoms with Gasteiger partial charge in [-0.05, 0) is 37.1 Å². The molecule has 1 heterocycles. The van der Waals surface area contributed by atoms with Crippen LogP contribution in [0.5, 0.6) is 0 Å². The summed E-state index contributed by atoms with van der Waals surface area (Å²) in [4.78, 5) is 25.2. The van der Waals surface area contributed by atoms with Gasteiger partial charge in [0, 0.05) is 17.6 Å². The molecule has 1 N–H and O–H groups in total. The van der Waals surface area contributed by atoms with Crippen molar-refractivity contribution in [3.05, 3.63) is 69.9 Å². The normalized spacial score (nSPS) is 10.8. The number of fused-ring (bicyclic) bond motifs is 1. The average molecular weight is 339 g/mol. The van der Waals surface area contributed by atoms with Crippen molar-refractivity contribution in [2.45, 2.75) is 26.8 Å². The minimum atomic E-state index is -0.477. The molecule has 0 saturated carbocycles. The van der Waals surface area contributed by atoms with Gasteiger partial charge >= 0.3 is 0 Å². The van der Waals surface area contributed by atoms with E-state index >= 15 is 0 Å². The topological polar surface area (TPSA) is 64.0 Å². The summed E-state index contributed by atoms with van der Waals surface area (Å²) in [5, 5.41) is 7.84. The molecule has 1 aromatic heterocycles. The first-order chi connectivity index (χ1) is 12.0. The number of hydrogen-bond acceptors (Lipinski definition) is 3. The van der Waals surface area contributed by atoms with Gasteiger partial charge in [0.25, 0.3) is 11.5 Å². The second kappa shape index (κ2) is 6.84. The molecule has 0 fully saturated rings. The molecular weight excluding hydrogens is 321 g/mol. The van der Waals surface area contributed by atoms with Gasteiger partial charge in [0.05, 0.1) is 5.39 Å². The Kier molecular flexibility index (Phi) is 4.61. The Morgan fingerprint density at radius 3 is 2.64 bits per heavy atom. The molecule has 128 valence electrons. The molecule has 0 radical (unpaired) electrons.